The van der Waals surface area contributed by atoms with Gasteiger partial charge in [-0.1, -0.05) is 0 Å². The lowest BCUT2D eigenvalue weighted by atomic mass is 10.3. The second-order valence-corrected chi connectivity index (χ2v) is 5.68. The van der Waals surface area contributed by atoms with Crippen molar-refractivity contribution < 1.29 is 9.53 Å². The monoisotopic (exact) mass is 267 g/mol. The molecule has 5 heteroatoms. The third-order valence-corrected chi connectivity index (χ3v) is 4.19. The third-order valence-electron chi connectivity index (χ3n) is 2.13. The minimum atomic E-state index is -0.216. The Morgan fingerprint density at radius 1 is 1.47 bits per heavy atom. The van der Waals surface area contributed by atoms with Gasteiger partial charge in [0, 0.05) is 10.3 Å². The van der Waals surface area contributed by atoms with E-state index in [1.807, 2.05) is 5.38 Å². The molecule has 0 saturated heterocycles. The van der Waals surface area contributed by atoms with Gasteiger partial charge in [-0.15, -0.1) is 22.7 Å². The number of hydrogen-bond acceptors (Lipinski definition) is 5. The Labute approximate surface area is 108 Å². The lowest BCUT2D eigenvalue weighted by Crippen LogP contribution is -2.07. The number of ether oxygens (including phenoxy) is 1. The fourth-order valence-corrected chi connectivity index (χ4v) is 3.17. The van der Waals surface area contributed by atoms with Crippen LogP contribution in [-0.2, 0) is 16.0 Å². The fourth-order valence-electron chi connectivity index (χ4n) is 1.41. The maximum Gasteiger partial charge on any atom is 0.311 e. The predicted octanol–water partition coefficient (Wildman–Crippen LogP) is 3.29. The standard InChI is InChI=1S/C12H13NO2S2/c1-3-15-11(14)6-9-7-16-12(13-9)10-5-4-8(2)17-10/h4-5,7H,3,6H2,1-2H3. The number of nitrogens with zero attached hydrogens (tertiary/aromatic N) is 1. The first kappa shape index (κ1) is 12.3. The smallest absolute Gasteiger partial charge is 0.311 e. The minimum Gasteiger partial charge on any atom is -0.466 e. The lowest BCUT2D eigenvalue weighted by molar-refractivity contribution is -0.142. The highest BCUT2D eigenvalue weighted by Crippen LogP contribution is 2.30. The van der Waals surface area contributed by atoms with E-state index in [4.69, 9.17) is 4.74 Å². The van der Waals surface area contributed by atoms with E-state index in [1.165, 1.54) is 4.88 Å². The van der Waals surface area contributed by atoms with Gasteiger partial charge in [-0.2, -0.15) is 0 Å². The number of aromatic nitrogens is 1. The van der Waals surface area contributed by atoms with Gasteiger partial charge < -0.3 is 4.74 Å². The molecule has 0 radical (unpaired) electrons. The van der Waals surface area contributed by atoms with Crippen LogP contribution in [0.15, 0.2) is 17.5 Å². The molecule has 2 aromatic rings. The van der Waals surface area contributed by atoms with Crippen LogP contribution in [-0.4, -0.2) is 17.6 Å². The number of aryl methyl sites for hydroxylation is 1. The number of hydrogen-bond donors (Lipinski definition) is 0. The van der Waals surface area contributed by atoms with Gasteiger partial charge in [0.05, 0.1) is 23.6 Å². The first-order chi connectivity index (χ1) is 8.19. The molecule has 2 rings (SSSR count). The number of thiophene rings is 1. The van der Waals surface area contributed by atoms with Gasteiger partial charge in [-0.05, 0) is 26.0 Å². The first-order valence-corrected chi connectivity index (χ1v) is 7.05. The number of thiazole rings is 1. The molecule has 2 heterocycles. The van der Waals surface area contributed by atoms with Gasteiger partial charge >= 0.3 is 5.97 Å². The summed E-state index contributed by atoms with van der Waals surface area (Å²) in [6.45, 7) is 4.29. The summed E-state index contributed by atoms with van der Waals surface area (Å²) in [6.07, 6.45) is 0.259. The van der Waals surface area contributed by atoms with Crippen LogP contribution >= 0.6 is 22.7 Å². The molecule has 90 valence electrons. The Kier molecular flexibility index (Phi) is 3.91. The van der Waals surface area contributed by atoms with Gasteiger partial charge in [-0.25, -0.2) is 4.98 Å². The van der Waals surface area contributed by atoms with Crippen LogP contribution in [0.3, 0.4) is 0 Å². The van der Waals surface area contributed by atoms with Crippen molar-refractivity contribution in [3.8, 4) is 9.88 Å². The normalized spacial score (nSPS) is 10.5. The van der Waals surface area contributed by atoms with Crippen molar-refractivity contribution in [2.24, 2.45) is 0 Å². The molecule has 0 N–H and O–H groups in total. The molecule has 0 aliphatic rings. The summed E-state index contributed by atoms with van der Waals surface area (Å²) in [6, 6.07) is 4.14. The van der Waals surface area contributed by atoms with Crippen molar-refractivity contribution in [3.63, 3.8) is 0 Å². The van der Waals surface area contributed by atoms with Gasteiger partial charge in [0.2, 0.25) is 0 Å². The van der Waals surface area contributed by atoms with Crippen molar-refractivity contribution in [3.05, 3.63) is 28.1 Å². The highest BCUT2D eigenvalue weighted by atomic mass is 32.1. The zero-order valence-corrected chi connectivity index (χ0v) is 11.4. The number of carbonyl (C=O) groups excluding carboxylic acids is 1. The zero-order chi connectivity index (χ0) is 12.3. The summed E-state index contributed by atoms with van der Waals surface area (Å²) in [4.78, 5) is 18.2. The van der Waals surface area contributed by atoms with Crippen molar-refractivity contribution in [1.82, 2.24) is 4.98 Å². The van der Waals surface area contributed by atoms with Crippen molar-refractivity contribution in [1.29, 1.82) is 0 Å². The van der Waals surface area contributed by atoms with Crippen molar-refractivity contribution in [2.45, 2.75) is 20.3 Å². The first-order valence-electron chi connectivity index (χ1n) is 5.36. The van der Waals surface area contributed by atoms with Crippen LogP contribution in [0, 0.1) is 6.92 Å². The average molecular weight is 267 g/mol. The summed E-state index contributed by atoms with van der Waals surface area (Å²) >= 11 is 3.28. The summed E-state index contributed by atoms with van der Waals surface area (Å²) < 4.78 is 4.89. The van der Waals surface area contributed by atoms with Crippen molar-refractivity contribution >= 4 is 28.6 Å². The molecule has 0 atom stereocenters. The molecule has 2 aromatic heterocycles. The molecular weight excluding hydrogens is 254 g/mol. The van der Waals surface area contributed by atoms with E-state index in [0.29, 0.717) is 6.61 Å². The maximum atomic E-state index is 11.3. The quantitative estimate of drug-likeness (QED) is 0.798. The van der Waals surface area contributed by atoms with Crippen LogP contribution < -0.4 is 0 Å². The lowest BCUT2D eigenvalue weighted by Gasteiger charge is -1.97. The summed E-state index contributed by atoms with van der Waals surface area (Å²) in [7, 11) is 0. The fraction of sp³-hybridized carbons (Fsp3) is 0.333. The Balaban J connectivity index is 2.08. The summed E-state index contributed by atoms with van der Waals surface area (Å²) in [5, 5.41) is 2.89. The van der Waals surface area contributed by atoms with Crippen molar-refractivity contribution in [2.75, 3.05) is 6.61 Å². The van der Waals surface area contributed by atoms with Crippen LogP contribution in [0.5, 0.6) is 0 Å². The second kappa shape index (κ2) is 5.42. The predicted molar refractivity (Wildman–Crippen MR) is 70.5 cm³/mol. The second-order valence-electron chi connectivity index (χ2n) is 3.54. The topological polar surface area (TPSA) is 39.2 Å². The molecule has 0 amide bonds. The van der Waals surface area contributed by atoms with Gasteiger partial charge in [0.1, 0.15) is 5.01 Å². The number of rotatable bonds is 4. The van der Waals surface area contributed by atoms with Crippen LogP contribution in [0.25, 0.3) is 9.88 Å². The molecule has 0 unspecified atom stereocenters. The molecule has 0 aliphatic carbocycles. The molecule has 17 heavy (non-hydrogen) atoms. The third kappa shape index (κ3) is 3.14. The van der Waals surface area contributed by atoms with Gasteiger partial charge in [-0.3, -0.25) is 4.79 Å². The van der Waals surface area contributed by atoms with E-state index in [0.717, 1.165) is 15.6 Å². The minimum absolute atomic E-state index is 0.216. The average Bonchev–Trinajstić information content (AvgIpc) is 2.87. The molecule has 0 bridgehead atoms. The van der Waals surface area contributed by atoms with E-state index in [-0.39, 0.29) is 12.4 Å². The van der Waals surface area contributed by atoms with E-state index >= 15 is 0 Å². The largest absolute Gasteiger partial charge is 0.466 e. The highest BCUT2D eigenvalue weighted by molar-refractivity contribution is 7.21. The Hall–Kier alpha value is -1.20. The van der Waals surface area contributed by atoms with Crippen LogP contribution in [0.2, 0.25) is 0 Å². The van der Waals surface area contributed by atoms with Gasteiger partial charge in [0.25, 0.3) is 0 Å². The van der Waals surface area contributed by atoms with E-state index in [1.54, 1.807) is 29.6 Å². The maximum absolute atomic E-state index is 11.3. The molecule has 0 fully saturated rings. The Morgan fingerprint density at radius 3 is 2.94 bits per heavy atom. The Morgan fingerprint density at radius 2 is 2.29 bits per heavy atom. The summed E-state index contributed by atoms with van der Waals surface area (Å²) in [5.41, 5.74) is 0.787. The molecule has 0 spiro atoms. The zero-order valence-electron chi connectivity index (χ0n) is 9.73. The molecule has 0 saturated carbocycles. The van der Waals surface area contributed by atoms with Crippen LogP contribution in [0.1, 0.15) is 17.5 Å². The SMILES string of the molecule is CCOC(=O)Cc1csc(-c2ccc(C)s2)n1. The Bertz CT molecular complexity index is 516. The van der Waals surface area contributed by atoms with E-state index in [9.17, 15) is 4.79 Å². The van der Waals surface area contributed by atoms with Gasteiger partial charge in [0.15, 0.2) is 0 Å². The van der Waals surface area contributed by atoms with Crippen LogP contribution in [0.4, 0.5) is 0 Å². The number of esters is 1. The van der Waals surface area contributed by atoms with E-state index < -0.39 is 0 Å². The summed E-state index contributed by atoms with van der Waals surface area (Å²) in [5.74, 6) is -0.216. The number of carbonyl (C=O) groups is 1. The van der Waals surface area contributed by atoms with E-state index in [2.05, 4.69) is 24.0 Å². The molecule has 0 aliphatic heterocycles. The molecular formula is C12H13NO2S2. The highest BCUT2D eigenvalue weighted by Gasteiger charge is 2.10. The molecule has 3 nitrogen and oxygen atoms in total. The molecule has 0 aromatic carbocycles.